The van der Waals surface area contributed by atoms with Crippen LogP contribution in [0.4, 0.5) is 0 Å². The van der Waals surface area contributed by atoms with E-state index in [0.717, 1.165) is 31.3 Å². The number of rotatable bonds is 4. The third-order valence-corrected chi connectivity index (χ3v) is 8.06. The topological polar surface area (TPSA) is 46.5 Å². The maximum Gasteiger partial charge on any atom is 0.303 e. The van der Waals surface area contributed by atoms with Crippen LogP contribution in [0.1, 0.15) is 92.4 Å². The van der Waals surface area contributed by atoms with Gasteiger partial charge >= 0.3 is 5.97 Å². The van der Waals surface area contributed by atoms with Crippen molar-refractivity contribution in [2.75, 3.05) is 0 Å². The Hall–Kier alpha value is -1.79. The van der Waals surface area contributed by atoms with Gasteiger partial charge in [-0.3, -0.25) is 4.79 Å². The molecule has 3 rings (SSSR count). The van der Waals surface area contributed by atoms with Crippen molar-refractivity contribution in [2.24, 2.45) is 23.2 Å². The minimum atomic E-state index is -0.909. The Labute approximate surface area is 195 Å². The summed E-state index contributed by atoms with van der Waals surface area (Å²) in [7, 11) is 0. The fourth-order valence-corrected chi connectivity index (χ4v) is 6.53. The lowest BCUT2D eigenvalue weighted by Gasteiger charge is -2.44. The largest absolute Gasteiger partial charge is 0.458 e. The van der Waals surface area contributed by atoms with Gasteiger partial charge in [0.25, 0.3) is 0 Å². The molecule has 4 unspecified atom stereocenters. The van der Waals surface area contributed by atoms with Gasteiger partial charge in [0.1, 0.15) is 11.7 Å². The summed E-state index contributed by atoms with van der Waals surface area (Å²) in [6.45, 7) is 14.1. The predicted octanol–water partition coefficient (Wildman–Crippen LogP) is 6.53. The molecule has 3 aliphatic carbocycles. The zero-order chi connectivity index (χ0) is 23.5. The smallest absolute Gasteiger partial charge is 0.303 e. The van der Waals surface area contributed by atoms with Gasteiger partial charge in [-0.05, 0) is 99.5 Å². The summed E-state index contributed by atoms with van der Waals surface area (Å²) >= 11 is 0. The number of fused-ring (bicyclic) bond motifs is 1. The second kappa shape index (κ2) is 10.0. The number of carbonyl (C=O) groups excluding carboxylic acids is 1. The van der Waals surface area contributed by atoms with E-state index in [1.165, 1.54) is 44.6 Å². The van der Waals surface area contributed by atoms with E-state index in [9.17, 15) is 9.90 Å². The molecule has 0 aromatic rings. The molecule has 1 N–H and O–H groups in total. The molecule has 32 heavy (non-hydrogen) atoms. The first-order valence-electron chi connectivity index (χ1n) is 12.5. The third kappa shape index (κ3) is 5.76. The molecule has 0 radical (unpaired) electrons. The van der Waals surface area contributed by atoms with Crippen LogP contribution in [0.3, 0.4) is 0 Å². The second-order valence-electron chi connectivity index (χ2n) is 11.1. The quantitative estimate of drug-likeness (QED) is 0.401. The van der Waals surface area contributed by atoms with E-state index in [1.807, 2.05) is 0 Å². The van der Waals surface area contributed by atoms with Gasteiger partial charge in [-0.2, -0.15) is 0 Å². The number of allylic oxidation sites excluding steroid dienone is 3. The van der Waals surface area contributed by atoms with Crippen LogP contribution >= 0.6 is 0 Å². The van der Waals surface area contributed by atoms with Crippen LogP contribution in [0.2, 0.25) is 0 Å². The molecule has 0 aromatic carbocycles. The number of carbonyl (C=O) groups is 1. The zero-order valence-corrected chi connectivity index (χ0v) is 20.8. The molecule has 3 fully saturated rings. The first-order valence-corrected chi connectivity index (χ1v) is 12.5. The molecular formula is C29H42O3. The van der Waals surface area contributed by atoms with Crippen LogP contribution < -0.4 is 0 Å². The lowest BCUT2D eigenvalue weighted by atomic mass is 9.61. The van der Waals surface area contributed by atoms with Gasteiger partial charge in [0.15, 0.2) is 0 Å². The molecule has 3 heteroatoms. The van der Waals surface area contributed by atoms with Crippen LogP contribution in [-0.4, -0.2) is 22.8 Å². The summed E-state index contributed by atoms with van der Waals surface area (Å²) in [5.74, 6) is 7.88. The fraction of sp³-hybridized carbons (Fsp3) is 0.690. The molecule has 3 aliphatic rings. The Morgan fingerprint density at radius 3 is 2.72 bits per heavy atom. The Morgan fingerprint density at radius 2 is 2.03 bits per heavy atom. The molecule has 0 spiro atoms. The Morgan fingerprint density at radius 1 is 1.28 bits per heavy atom. The highest BCUT2D eigenvalue weighted by Crippen LogP contribution is 2.59. The number of aliphatic hydroxyl groups is 1. The van der Waals surface area contributed by atoms with E-state index in [2.05, 4.69) is 44.4 Å². The molecule has 5 atom stereocenters. The first kappa shape index (κ1) is 24.8. The second-order valence-corrected chi connectivity index (χ2v) is 11.1. The van der Waals surface area contributed by atoms with Crippen LogP contribution in [0.5, 0.6) is 0 Å². The number of hydrogen-bond donors (Lipinski definition) is 1. The fourth-order valence-electron chi connectivity index (χ4n) is 6.53. The van der Waals surface area contributed by atoms with Crippen LogP contribution in [0, 0.1) is 35.0 Å². The highest BCUT2D eigenvalue weighted by atomic mass is 16.5. The maximum atomic E-state index is 11.4. The maximum absolute atomic E-state index is 11.4. The number of ether oxygens (including phenoxy) is 1. The monoisotopic (exact) mass is 438 g/mol. The molecule has 0 saturated heterocycles. The lowest BCUT2D eigenvalue weighted by Crippen LogP contribution is -2.35. The average molecular weight is 439 g/mol. The normalized spacial score (nSPS) is 34.1. The van der Waals surface area contributed by atoms with Crippen LogP contribution in [0.25, 0.3) is 0 Å². The lowest BCUT2D eigenvalue weighted by molar-refractivity contribution is -0.145. The SMILES string of the molecule is C=C1/C(=C\C=C2/CCCC3(C)C2CCC3[C@H](C)CC#CC(C)(C)O)CCCC1OC(C)=O. The van der Waals surface area contributed by atoms with Crippen molar-refractivity contribution in [3.8, 4) is 11.8 Å². The number of esters is 1. The Balaban J connectivity index is 1.73. The van der Waals surface area contributed by atoms with E-state index in [0.29, 0.717) is 23.2 Å². The van der Waals surface area contributed by atoms with Crippen LogP contribution in [0.15, 0.2) is 35.5 Å². The molecule has 0 aromatic heterocycles. The molecule has 3 nitrogen and oxygen atoms in total. The van der Waals surface area contributed by atoms with Crippen molar-refractivity contribution < 1.29 is 14.6 Å². The van der Waals surface area contributed by atoms with E-state index in [4.69, 9.17) is 4.74 Å². The van der Waals surface area contributed by atoms with Gasteiger partial charge in [0.2, 0.25) is 0 Å². The van der Waals surface area contributed by atoms with E-state index in [-0.39, 0.29) is 12.1 Å². The summed E-state index contributed by atoms with van der Waals surface area (Å²) in [4.78, 5) is 11.4. The number of hydrogen-bond acceptors (Lipinski definition) is 3. The van der Waals surface area contributed by atoms with Gasteiger partial charge in [0, 0.05) is 13.3 Å². The minimum absolute atomic E-state index is 0.163. The molecule has 0 aliphatic heterocycles. The third-order valence-electron chi connectivity index (χ3n) is 8.06. The molecule has 176 valence electrons. The summed E-state index contributed by atoms with van der Waals surface area (Å²) in [5, 5.41) is 9.90. The summed E-state index contributed by atoms with van der Waals surface area (Å²) in [5.41, 5.74) is 3.24. The van der Waals surface area contributed by atoms with Crippen molar-refractivity contribution in [1.82, 2.24) is 0 Å². The Bertz CT molecular complexity index is 844. The standard InChI is InChI=1S/C29H42O3/c1-20(10-8-18-28(4,5)31)25-16-17-26-24(12-9-19-29(25,26)6)15-14-23-11-7-13-27(21(23)2)32-22(3)30/h14-15,20,25-27,31H,2,7,9-13,16-17,19H2,1,3-6H3/b23-14-,24-15+/t20-,25?,26?,27?,29?/m1/s1. The van der Waals surface area contributed by atoms with Gasteiger partial charge in [-0.15, -0.1) is 5.92 Å². The average Bonchev–Trinajstić information content (AvgIpc) is 3.05. The summed E-state index contributed by atoms with van der Waals surface area (Å²) in [6.07, 6.45) is 14.5. The van der Waals surface area contributed by atoms with Gasteiger partial charge < -0.3 is 9.84 Å². The summed E-state index contributed by atoms with van der Waals surface area (Å²) in [6, 6.07) is 0. The highest BCUT2D eigenvalue weighted by Gasteiger charge is 2.50. The van der Waals surface area contributed by atoms with E-state index in [1.54, 1.807) is 19.4 Å². The highest BCUT2D eigenvalue weighted by molar-refractivity contribution is 5.66. The predicted molar refractivity (Wildman–Crippen MR) is 131 cm³/mol. The summed E-state index contributed by atoms with van der Waals surface area (Å²) < 4.78 is 5.48. The van der Waals surface area contributed by atoms with E-state index >= 15 is 0 Å². The van der Waals surface area contributed by atoms with Gasteiger partial charge in [0.05, 0.1) is 0 Å². The van der Waals surface area contributed by atoms with Crippen molar-refractivity contribution in [3.63, 3.8) is 0 Å². The van der Waals surface area contributed by atoms with Crippen molar-refractivity contribution in [2.45, 2.75) is 104 Å². The Kier molecular flexibility index (Phi) is 7.77. The molecular weight excluding hydrogens is 396 g/mol. The van der Waals surface area contributed by atoms with Crippen molar-refractivity contribution >= 4 is 5.97 Å². The van der Waals surface area contributed by atoms with Gasteiger partial charge in [-0.25, -0.2) is 0 Å². The molecule has 0 amide bonds. The van der Waals surface area contributed by atoms with Gasteiger partial charge in [-0.1, -0.05) is 44.1 Å². The van der Waals surface area contributed by atoms with Crippen molar-refractivity contribution in [1.29, 1.82) is 0 Å². The zero-order valence-electron chi connectivity index (χ0n) is 20.8. The minimum Gasteiger partial charge on any atom is -0.458 e. The van der Waals surface area contributed by atoms with E-state index < -0.39 is 5.60 Å². The van der Waals surface area contributed by atoms with Crippen LogP contribution in [-0.2, 0) is 9.53 Å². The van der Waals surface area contributed by atoms with Crippen molar-refractivity contribution in [3.05, 3.63) is 35.5 Å². The molecule has 0 bridgehead atoms. The first-order chi connectivity index (χ1) is 15.0. The molecule has 3 saturated carbocycles. The molecule has 0 heterocycles.